The quantitative estimate of drug-likeness (QED) is 0.277. The predicted octanol–water partition coefficient (Wildman–Crippen LogP) is 6.24. The zero-order chi connectivity index (χ0) is 12.6. The van der Waals surface area contributed by atoms with Crippen molar-refractivity contribution in [3.05, 3.63) is 31.2 Å². The van der Waals surface area contributed by atoms with Crippen LogP contribution in [0.15, 0.2) is 24.3 Å². The molecule has 0 aromatic heterocycles. The standard InChI is InChI=1S/C17H31/c1-3-5-7-9-11-13-15-17-16-14-12-10-8-6-4-2/h5,7,9,11H,1,3-4,6,8,10,12-17H2,2H3. The van der Waals surface area contributed by atoms with Crippen LogP contribution in [0.5, 0.6) is 0 Å². The van der Waals surface area contributed by atoms with E-state index in [1.54, 1.807) is 0 Å². The van der Waals surface area contributed by atoms with Crippen LogP contribution in [0.2, 0.25) is 0 Å². The fraction of sp³-hybridized carbons (Fsp3) is 0.706. The molecule has 0 atom stereocenters. The monoisotopic (exact) mass is 235 g/mol. The van der Waals surface area contributed by atoms with Crippen LogP contribution in [0, 0.1) is 6.92 Å². The maximum Gasteiger partial charge on any atom is -0.0347 e. The fourth-order valence-corrected chi connectivity index (χ4v) is 1.92. The van der Waals surface area contributed by atoms with Crippen molar-refractivity contribution in [1.82, 2.24) is 0 Å². The van der Waals surface area contributed by atoms with E-state index in [0.717, 1.165) is 6.42 Å². The lowest BCUT2D eigenvalue weighted by Crippen LogP contribution is -1.80. The molecule has 0 aliphatic carbocycles. The van der Waals surface area contributed by atoms with Gasteiger partial charge in [-0.2, -0.15) is 0 Å². The molecule has 0 rings (SSSR count). The highest BCUT2D eigenvalue weighted by Crippen LogP contribution is 2.10. The fourth-order valence-electron chi connectivity index (χ4n) is 1.92. The molecule has 0 saturated carbocycles. The van der Waals surface area contributed by atoms with Crippen LogP contribution in [-0.2, 0) is 0 Å². The summed E-state index contributed by atoms with van der Waals surface area (Å²) in [5, 5.41) is 0. The van der Waals surface area contributed by atoms with Gasteiger partial charge in [-0.1, -0.05) is 82.6 Å². The van der Waals surface area contributed by atoms with E-state index in [4.69, 9.17) is 0 Å². The Morgan fingerprint density at radius 2 is 1.24 bits per heavy atom. The molecule has 0 aliphatic rings. The second kappa shape index (κ2) is 15.5. The lowest BCUT2D eigenvalue weighted by molar-refractivity contribution is 0.566. The third-order valence-corrected chi connectivity index (χ3v) is 3.02. The zero-order valence-corrected chi connectivity index (χ0v) is 11.8. The first-order valence-electron chi connectivity index (χ1n) is 7.52. The maximum absolute atomic E-state index is 3.76. The molecule has 0 aliphatic heterocycles. The zero-order valence-electron chi connectivity index (χ0n) is 11.8. The average Bonchev–Trinajstić information content (AvgIpc) is 2.35. The Morgan fingerprint density at radius 3 is 1.82 bits per heavy atom. The van der Waals surface area contributed by atoms with E-state index in [9.17, 15) is 0 Å². The van der Waals surface area contributed by atoms with Gasteiger partial charge >= 0.3 is 0 Å². The minimum atomic E-state index is 0.891. The third-order valence-electron chi connectivity index (χ3n) is 3.02. The summed E-state index contributed by atoms with van der Waals surface area (Å²) >= 11 is 0. The van der Waals surface area contributed by atoms with Crippen molar-refractivity contribution in [3.8, 4) is 0 Å². The Bertz CT molecular complexity index is 176. The molecule has 0 unspecified atom stereocenters. The normalized spacial score (nSPS) is 11.9. The summed E-state index contributed by atoms with van der Waals surface area (Å²) in [6.45, 7) is 6.04. The molecule has 0 aromatic carbocycles. The van der Waals surface area contributed by atoms with Crippen molar-refractivity contribution < 1.29 is 0 Å². The summed E-state index contributed by atoms with van der Waals surface area (Å²) in [5.41, 5.74) is 0. The first-order valence-corrected chi connectivity index (χ1v) is 7.52. The van der Waals surface area contributed by atoms with Gasteiger partial charge in [0, 0.05) is 0 Å². The van der Waals surface area contributed by atoms with Crippen LogP contribution in [0.4, 0.5) is 0 Å². The predicted molar refractivity (Wildman–Crippen MR) is 80.1 cm³/mol. The van der Waals surface area contributed by atoms with Gasteiger partial charge in [0.15, 0.2) is 0 Å². The van der Waals surface area contributed by atoms with Crippen molar-refractivity contribution in [2.45, 2.75) is 77.6 Å². The summed E-state index contributed by atoms with van der Waals surface area (Å²) in [7, 11) is 0. The van der Waals surface area contributed by atoms with Crippen LogP contribution in [0.1, 0.15) is 77.6 Å². The van der Waals surface area contributed by atoms with Crippen molar-refractivity contribution >= 4 is 0 Å². The summed E-state index contributed by atoms with van der Waals surface area (Å²) in [4.78, 5) is 0. The molecular weight excluding hydrogens is 204 g/mol. The molecule has 0 saturated heterocycles. The van der Waals surface area contributed by atoms with Crippen LogP contribution in [-0.4, -0.2) is 0 Å². The van der Waals surface area contributed by atoms with Crippen LogP contribution in [0.3, 0.4) is 0 Å². The van der Waals surface area contributed by atoms with Crippen molar-refractivity contribution in [2.24, 2.45) is 0 Å². The average molecular weight is 235 g/mol. The molecule has 0 fully saturated rings. The van der Waals surface area contributed by atoms with E-state index in [1.807, 2.05) is 0 Å². The Labute approximate surface area is 109 Å². The van der Waals surface area contributed by atoms with Gasteiger partial charge in [0.1, 0.15) is 0 Å². The largest absolute Gasteiger partial charge is 0.0845 e. The van der Waals surface area contributed by atoms with Gasteiger partial charge in [-0.05, 0) is 26.2 Å². The van der Waals surface area contributed by atoms with Crippen molar-refractivity contribution in [3.63, 3.8) is 0 Å². The lowest BCUT2D eigenvalue weighted by atomic mass is 10.1. The Balaban J connectivity index is 3.03. The van der Waals surface area contributed by atoms with E-state index in [-0.39, 0.29) is 0 Å². The lowest BCUT2D eigenvalue weighted by Gasteiger charge is -2.00. The molecule has 99 valence electrons. The van der Waals surface area contributed by atoms with E-state index >= 15 is 0 Å². The Morgan fingerprint density at radius 1 is 0.706 bits per heavy atom. The summed E-state index contributed by atoms with van der Waals surface area (Å²) < 4.78 is 0. The van der Waals surface area contributed by atoms with Gasteiger partial charge in [0.2, 0.25) is 0 Å². The van der Waals surface area contributed by atoms with Crippen LogP contribution >= 0.6 is 0 Å². The molecular formula is C17H31. The second-order valence-corrected chi connectivity index (χ2v) is 4.76. The topological polar surface area (TPSA) is 0 Å². The Hall–Kier alpha value is -0.520. The number of hydrogen-bond donors (Lipinski definition) is 0. The van der Waals surface area contributed by atoms with Gasteiger partial charge in [0.25, 0.3) is 0 Å². The number of hydrogen-bond acceptors (Lipinski definition) is 0. The van der Waals surface area contributed by atoms with E-state index in [0.29, 0.717) is 0 Å². The smallest absolute Gasteiger partial charge is 0.0347 e. The molecule has 0 N–H and O–H groups in total. The first kappa shape index (κ1) is 16.5. The second-order valence-electron chi connectivity index (χ2n) is 4.76. The van der Waals surface area contributed by atoms with E-state index < -0.39 is 0 Å². The highest BCUT2D eigenvalue weighted by atomic mass is 14.0. The molecule has 0 heterocycles. The molecule has 0 aromatic rings. The van der Waals surface area contributed by atoms with Gasteiger partial charge in [0.05, 0.1) is 0 Å². The van der Waals surface area contributed by atoms with Crippen molar-refractivity contribution in [1.29, 1.82) is 0 Å². The maximum atomic E-state index is 3.76. The summed E-state index contributed by atoms with van der Waals surface area (Å²) in [6.07, 6.45) is 23.5. The van der Waals surface area contributed by atoms with Crippen LogP contribution in [0.25, 0.3) is 0 Å². The molecule has 0 amide bonds. The number of rotatable bonds is 12. The first-order chi connectivity index (χ1) is 8.41. The van der Waals surface area contributed by atoms with Crippen molar-refractivity contribution in [2.75, 3.05) is 0 Å². The minimum Gasteiger partial charge on any atom is -0.0845 e. The highest BCUT2D eigenvalue weighted by molar-refractivity contribution is 5.02. The molecule has 0 bridgehead atoms. The van der Waals surface area contributed by atoms with Crippen LogP contribution < -0.4 is 0 Å². The Kier molecular flexibility index (Phi) is 15.0. The molecule has 0 spiro atoms. The number of allylic oxidation sites excluding steroid dienone is 4. The van der Waals surface area contributed by atoms with E-state index in [2.05, 4.69) is 38.2 Å². The minimum absolute atomic E-state index is 0.891. The van der Waals surface area contributed by atoms with Gasteiger partial charge < -0.3 is 0 Å². The molecule has 17 heavy (non-hydrogen) atoms. The third kappa shape index (κ3) is 15.5. The molecule has 0 heteroatoms. The highest BCUT2D eigenvalue weighted by Gasteiger charge is 1.90. The van der Waals surface area contributed by atoms with Gasteiger partial charge in [-0.3, -0.25) is 0 Å². The number of unbranched alkanes of at least 4 members (excludes halogenated alkanes) is 9. The summed E-state index contributed by atoms with van der Waals surface area (Å²) in [5.74, 6) is 0. The molecule has 0 nitrogen and oxygen atoms in total. The van der Waals surface area contributed by atoms with E-state index in [1.165, 1.54) is 64.2 Å². The molecule has 1 radical (unpaired) electrons. The van der Waals surface area contributed by atoms with Gasteiger partial charge in [-0.25, -0.2) is 0 Å². The summed E-state index contributed by atoms with van der Waals surface area (Å²) in [6, 6.07) is 0. The SMILES string of the molecule is [CH2]CC=CC=CCCCCCCCCCCC. The van der Waals surface area contributed by atoms with Gasteiger partial charge in [-0.15, -0.1) is 0 Å².